The van der Waals surface area contributed by atoms with Crippen LogP contribution >= 0.6 is 0 Å². The fourth-order valence-electron chi connectivity index (χ4n) is 2.67. The van der Waals surface area contributed by atoms with Crippen molar-refractivity contribution in [2.75, 3.05) is 6.54 Å². The monoisotopic (exact) mass is 260 g/mol. The van der Waals surface area contributed by atoms with Crippen molar-refractivity contribution in [2.24, 2.45) is 5.92 Å². The molecule has 1 aromatic rings. The van der Waals surface area contributed by atoms with Crippen molar-refractivity contribution in [3.8, 4) is 0 Å². The molecule has 1 heterocycles. The van der Waals surface area contributed by atoms with Gasteiger partial charge in [0.25, 0.3) is 0 Å². The average molecular weight is 260 g/mol. The van der Waals surface area contributed by atoms with Crippen molar-refractivity contribution in [1.82, 2.24) is 10.6 Å². The lowest BCUT2D eigenvalue weighted by molar-refractivity contribution is -0.124. The fraction of sp³-hybridized carbons (Fsp3) is 0.562. The lowest BCUT2D eigenvalue weighted by atomic mass is 9.93. The number of piperidine rings is 1. The SMILES string of the molecule is CC1CCNC(C(=O)NC(C)Cc2ccccc2)C1. The summed E-state index contributed by atoms with van der Waals surface area (Å²) >= 11 is 0. The summed E-state index contributed by atoms with van der Waals surface area (Å²) in [5.41, 5.74) is 1.26. The summed E-state index contributed by atoms with van der Waals surface area (Å²) in [6.07, 6.45) is 3.00. The largest absolute Gasteiger partial charge is 0.352 e. The van der Waals surface area contributed by atoms with Crippen LogP contribution in [0.4, 0.5) is 0 Å². The van der Waals surface area contributed by atoms with E-state index in [0.29, 0.717) is 5.92 Å². The van der Waals surface area contributed by atoms with Gasteiger partial charge in [-0.2, -0.15) is 0 Å². The van der Waals surface area contributed by atoms with E-state index >= 15 is 0 Å². The molecule has 0 radical (unpaired) electrons. The molecule has 3 heteroatoms. The lowest BCUT2D eigenvalue weighted by Gasteiger charge is -2.28. The minimum atomic E-state index is -0.0121. The molecule has 3 atom stereocenters. The van der Waals surface area contributed by atoms with Gasteiger partial charge in [0.1, 0.15) is 0 Å². The molecule has 19 heavy (non-hydrogen) atoms. The molecule has 1 aliphatic heterocycles. The van der Waals surface area contributed by atoms with Crippen molar-refractivity contribution in [3.63, 3.8) is 0 Å². The highest BCUT2D eigenvalue weighted by molar-refractivity contribution is 5.82. The van der Waals surface area contributed by atoms with Crippen molar-refractivity contribution < 1.29 is 4.79 Å². The molecule has 0 aliphatic carbocycles. The fourth-order valence-corrected chi connectivity index (χ4v) is 2.67. The third-order valence-electron chi connectivity index (χ3n) is 3.76. The number of benzene rings is 1. The molecule has 104 valence electrons. The summed E-state index contributed by atoms with van der Waals surface area (Å²) in [5.74, 6) is 0.788. The Morgan fingerprint density at radius 1 is 1.42 bits per heavy atom. The molecular weight excluding hydrogens is 236 g/mol. The lowest BCUT2D eigenvalue weighted by Crippen LogP contribution is -2.50. The van der Waals surface area contributed by atoms with Gasteiger partial charge in [-0.3, -0.25) is 4.79 Å². The number of amides is 1. The van der Waals surface area contributed by atoms with Gasteiger partial charge in [0.15, 0.2) is 0 Å². The van der Waals surface area contributed by atoms with Crippen LogP contribution in [-0.2, 0) is 11.2 Å². The minimum absolute atomic E-state index is 0.0121. The van der Waals surface area contributed by atoms with Gasteiger partial charge in [-0.05, 0) is 44.2 Å². The maximum absolute atomic E-state index is 12.2. The summed E-state index contributed by atoms with van der Waals surface area (Å²) in [6.45, 7) is 5.23. The van der Waals surface area contributed by atoms with Crippen LogP contribution in [0.15, 0.2) is 30.3 Å². The quantitative estimate of drug-likeness (QED) is 0.870. The van der Waals surface area contributed by atoms with Gasteiger partial charge in [0.05, 0.1) is 6.04 Å². The predicted octanol–water partition coefficient (Wildman–Crippen LogP) is 2.12. The van der Waals surface area contributed by atoms with E-state index in [4.69, 9.17) is 0 Å². The van der Waals surface area contributed by atoms with Gasteiger partial charge in [-0.25, -0.2) is 0 Å². The molecule has 0 spiro atoms. The Morgan fingerprint density at radius 3 is 2.84 bits per heavy atom. The predicted molar refractivity (Wildman–Crippen MR) is 77.9 cm³/mol. The van der Waals surface area contributed by atoms with Gasteiger partial charge >= 0.3 is 0 Å². The van der Waals surface area contributed by atoms with Crippen LogP contribution in [0.3, 0.4) is 0 Å². The van der Waals surface area contributed by atoms with E-state index < -0.39 is 0 Å². The molecule has 2 rings (SSSR count). The minimum Gasteiger partial charge on any atom is -0.352 e. The van der Waals surface area contributed by atoms with E-state index in [-0.39, 0.29) is 18.0 Å². The van der Waals surface area contributed by atoms with Crippen LogP contribution in [0.1, 0.15) is 32.3 Å². The smallest absolute Gasteiger partial charge is 0.237 e. The molecule has 1 aliphatic rings. The maximum Gasteiger partial charge on any atom is 0.237 e. The Hall–Kier alpha value is -1.35. The molecule has 1 aromatic carbocycles. The highest BCUT2D eigenvalue weighted by Crippen LogP contribution is 2.15. The van der Waals surface area contributed by atoms with Crippen LogP contribution < -0.4 is 10.6 Å². The van der Waals surface area contributed by atoms with Crippen LogP contribution in [0.2, 0.25) is 0 Å². The van der Waals surface area contributed by atoms with Crippen molar-refractivity contribution in [1.29, 1.82) is 0 Å². The molecule has 1 amide bonds. The molecule has 0 aromatic heterocycles. The Morgan fingerprint density at radius 2 is 2.16 bits per heavy atom. The average Bonchev–Trinajstić information content (AvgIpc) is 2.39. The zero-order chi connectivity index (χ0) is 13.7. The topological polar surface area (TPSA) is 41.1 Å². The normalized spacial score (nSPS) is 24.7. The van der Waals surface area contributed by atoms with E-state index in [9.17, 15) is 4.79 Å². The molecule has 1 saturated heterocycles. The van der Waals surface area contributed by atoms with Crippen LogP contribution in [0, 0.1) is 5.92 Å². The van der Waals surface area contributed by atoms with Gasteiger partial charge in [0.2, 0.25) is 5.91 Å². The summed E-state index contributed by atoms with van der Waals surface area (Å²) < 4.78 is 0. The first-order chi connectivity index (χ1) is 9.15. The van der Waals surface area contributed by atoms with Crippen LogP contribution in [0.25, 0.3) is 0 Å². The number of nitrogens with one attached hydrogen (secondary N) is 2. The van der Waals surface area contributed by atoms with Gasteiger partial charge < -0.3 is 10.6 Å². The molecular formula is C16H24N2O. The Balaban J connectivity index is 1.81. The van der Waals surface area contributed by atoms with E-state index in [1.54, 1.807) is 0 Å². The Kier molecular flexibility index (Phi) is 4.97. The van der Waals surface area contributed by atoms with Crippen molar-refractivity contribution >= 4 is 5.91 Å². The Bertz CT molecular complexity index is 404. The number of hydrogen-bond donors (Lipinski definition) is 2. The first-order valence-electron chi connectivity index (χ1n) is 7.23. The second-order valence-electron chi connectivity index (χ2n) is 5.74. The highest BCUT2D eigenvalue weighted by Gasteiger charge is 2.25. The van der Waals surface area contributed by atoms with Crippen LogP contribution in [-0.4, -0.2) is 24.5 Å². The zero-order valence-corrected chi connectivity index (χ0v) is 11.9. The standard InChI is InChI=1S/C16H24N2O/c1-12-8-9-17-15(10-12)16(19)18-13(2)11-14-6-4-3-5-7-14/h3-7,12-13,15,17H,8-11H2,1-2H3,(H,18,19). The third kappa shape index (κ3) is 4.35. The summed E-state index contributed by atoms with van der Waals surface area (Å²) in [5, 5.41) is 6.42. The molecule has 3 nitrogen and oxygen atoms in total. The van der Waals surface area contributed by atoms with Crippen molar-refractivity contribution in [3.05, 3.63) is 35.9 Å². The third-order valence-corrected chi connectivity index (χ3v) is 3.76. The zero-order valence-electron chi connectivity index (χ0n) is 11.9. The summed E-state index contributed by atoms with van der Waals surface area (Å²) in [7, 11) is 0. The second kappa shape index (κ2) is 6.71. The molecule has 0 saturated carbocycles. The maximum atomic E-state index is 12.2. The van der Waals surface area contributed by atoms with Gasteiger partial charge in [-0.15, -0.1) is 0 Å². The molecule has 2 N–H and O–H groups in total. The highest BCUT2D eigenvalue weighted by atomic mass is 16.2. The van der Waals surface area contributed by atoms with Gasteiger partial charge in [-0.1, -0.05) is 37.3 Å². The van der Waals surface area contributed by atoms with E-state index in [0.717, 1.165) is 19.4 Å². The summed E-state index contributed by atoms with van der Waals surface area (Å²) in [4.78, 5) is 12.2. The first kappa shape index (κ1) is 14.1. The second-order valence-corrected chi connectivity index (χ2v) is 5.74. The molecule has 3 unspecified atom stereocenters. The van der Waals surface area contributed by atoms with E-state index in [2.05, 4.69) is 36.6 Å². The van der Waals surface area contributed by atoms with Crippen LogP contribution in [0.5, 0.6) is 0 Å². The summed E-state index contributed by atoms with van der Waals surface area (Å²) in [6, 6.07) is 10.5. The number of carbonyl (C=O) groups excluding carboxylic acids is 1. The van der Waals surface area contributed by atoms with E-state index in [1.807, 2.05) is 18.2 Å². The molecule has 0 bridgehead atoms. The number of rotatable bonds is 4. The van der Waals surface area contributed by atoms with E-state index in [1.165, 1.54) is 12.0 Å². The number of carbonyl (C=O) groups is 1. The Labute approximate surface area is 115 Å². The van der Waals surface area contributed by atoms with Gasteiger partial charge in [0, 0.05) is 6.04 Å². The molecule has 1 fully saturated rings. The first-order valence-corrected chi connectivity index (χ1v) is 7.23. The van der Waals surface area contributed by atoms with Crippen molar-refractivity contribution in [2.45, 2.75) is 45.2 Å². The number of hydrogen-bond acceptors (Lipinski definition) is 2.